The molecule has 2 aromatic heterocycles. The third-order valence-electron chi connectivity index (χ3n) is 7.77. The average molecular weight is 820 g/mol. The molecular weight excluding hydrogens is 784 g/mol. The molecule has 0 saturated carbocycles. The topological polar surface area (TPSA) is 130 Å². The molecule has 10 nitrogen and oxygen atoms in total. The molecule has 0 spiro atoms. The van der Waals surface area contributed by atoms with Crippen LogP contribution in [0.1, 0.15) is 43.3 Å². The van der Waals surface area contributed by atoms with Crippen LogP contribution in [0.4, 0.5) is 32.6 Å². The number of amides is 1. The molecule has 1 atom stereocenters. The number of rotatable bonds is 13. The van der Waals surface area contributed by atoms with Crippen LogP contribution in [0.25, 0.3) is 22.0 Å². The molecular formula is C34H36ClF5N5O5PS2. The zero-order valence-electron chi connectivity index (χ0n) is 29.1. The molecule has 19 heteroatoms. The monoisotopic (exact) mass is 819 g/mol. The number of fused-ring (bicyclic) bond motifs is 1. The Labute approximate surface area is 316 Å². The van der Waals surface area contributed by atoms with Crippen molar-refractivity contribution < 1.29 is 45.8 Å². The minimum Gasteiger partial charge on any atom is -0.448 e. The highest BCUT2D eigenvalue weighted by Crippen LogP contribution is 2.43. The average Bonchev–Trinajstić information content (AvgIpc) is 3.42. The standard InChI is InChI=1S/C34H36ClF5N5O5PS2/c1-33(2,52-4)12-11-23-7-8-24(29(42-23)27(41-3)17-20-15-21(36)18-22(37)16-20)25-9-10-26(35)28-30(25)44(19-34(38,39)40)43-31(28)45(53-5)32(46)50-13-6-14-51(47,48)49/h7-10,15-16,18,27,41H,6,13-14,17,19H2,1-5H3,(H2,47,48,49). The number of ether oxygens (including phenoxy) is 1. The Kier molecular flexibility index (Phi) is 13.9. The molecule has 2 heterocycles. The van der Waals surface area contributed by atoms with E-state index in [-0.39, 0.29) is 52.3 Å². The lowest BCUT2D eigenvalue weighted by Crippen LogP contribution is -2.26. The van der Waals surface area contributed by atoms with Gasteiger partial charge in [0.05, 0.1) is 45.2 Å². The van der Waals surface area contributed by atoms with Crippen molar-refractivity contribution in [3.05, 3.63) is 76.1 Å². The van der Waals surface area contributed by atoms with Crippen molar-refractivity contribution in [1.82, 2.24) is 20.1 Å². The number of hydrogen-bond donors (Lipinski definition) is 3. The number of pyridine rings is 1. The molecule has 0 aliphatic rings. The summed E-state index contributed by atoms with van der Waals surface area (Å²) in [5.74, 6) is 4.34. The lowest BCUT2D eigenvalue weighted by Gasteiger charge is -2.21. The highest BCUT2D eigenvalue weighted by Gasteiger charge is 2.34. The van der Waals surface area contributed by atoms with Crippen LogP contribution in [0.5, 0.6) is 0 Å². The van der Waals surface area contributed by atoms with E-state index in [1.807, 2.05) is 20.1 Å². The van der Waals surface area contributed by atoms with E-state index in [0.29, 0.717) is 21.6 Å². The van der Waals surface area contributed by atoms with Crippen molar-refractivity contribution in [3.8, 4) is 23.0 Å². The lowest BCUT2D eigenvalue weighted by molar-refractivity contribution is -0.141. The number of nitrogens with zero attached hydrogens (tertiary/aromatic N) is 4. The fourth-order valence-corrected chi connectivity index (χ4v) is 6.68. The molecule has 4 rings (SSSR count). The summed E-state index contributed by atoms with van der Waals surface area (Å²) in [6, 6.07) is 8.50. The molecule has 0 fully saturated rings. The van der Waals surface area contributed by atoms with Crippen molar-refractivity contribution in [2.45, 2.75) is 50.2 Å². The summed E-state index contributed by atoms with van der Waals surface area (Å²) in [5, 5.41) is 7.23. The number of aromatic nitrogens is 3. The van der Waals surface area contributed by atoms with Crippen molar-refractivity contribution in [3.63, 3.8) is 0 Å². The van der Waals surface area contributed by atoms with Gasteiger partial charge in [0.1, 0.15) is 23.9 Å². The summed E-state index contributed by atoms with van der Waals surface area (Å²) in [7, 11) is -2.76. The van der Waals surface area contributed by atoms with Crippen LogP contribution in [-0.2, 0) is 22.3 Å². The molecule has 0 saturated heterocycles. The Morgan fingerprint density at radius 2 is 1.77 bits per heavy atom. The Morgan fingerprint density at radius 1 is 1.11 bits per heavy atom. The van der Waals surface area contributed by atoms with E-state index in [4.69, 9.17) is 31.1 Å². The van der Waals surface area contributed by atoms with Gasteiger partial charge in [-0.15, -0.1) is 11.8 Å². The van der Waals surface area contributed by atoms with Gasteiger partial charge in [-0.1, -0.05) is 23.6 Å². The maximum absolute atomic E-state index is 14.2. The van der Waals surface area contributed by atoms with E-state index in [0.717, 1.165) is 22.3 Å². The summed E-state index contributed by atoms with van der Waals surface area (Å²) in [4.78, 5) is 36.2. The fraction of sp³-hybridized carbons (Fsp3) is 0.382. The van der Waals surface area contributed by atoms with Crippen LogP contribution in [0.15, 0.2) is 42.5 Å². The van der Waals surface area contributed by atoms with Gasteiger partial charge in [0.2, 0.25) is 0 Å². The SMILES string of the molecule is CNC(Cc1cc(F)cc(F)c1)c1nc(C#CC(C)(C)SC)ccc1-c1ccc(Cl)c2c(N(SC)C(=O)OCCCP(=O)(O)O)nn(CC(F)(F)F)c12. The van der Waals surface area contributed by atoms with Crippen molar-refractivity contribution in [1.29, 1.82) is 0 Å². The zero-order valence-corrected chi connectivity index (χ0v) is 32.4. The molecule has 0 aliphatic heterocycles. The van der Waals surface area contributed by atoms with E-state index in [1.165, 1.54) is 42.3 Å². The molecule has 3 N–H and O–H groups in total. The third kappa shape index (κ3) is 11.3. The largest absolute Gasteiger partial charge is 0.448 e. The highest BCUT2D eigenvalue weighted by atomic mass is 35.5. The number of alkyl halides is 3. The van der Waals surface area contributed by atoms with Gasteiger partial charge in [0.25, 0.3) is 0 Å². The highest BCUT2D eigenvalue weighted by molar-refractivity contribution is 8.00. The summed E-state index contributed by atoms with van der Waals surface area (Å²) in [5.41, 5.74) is 1.33. The smallest absolute Gasteiger partial charge is 0.425 e. The van der Waals surface area contributed by atoms with Gasteiger partial charge in [-0.2, -0.15) is 22.6 Å². The number of carbonyl (C=O) groups excluding carboxylic acids is 1. The van der Waals surface area contributed by atoms with Gasteiger partial charge in [0.15, 0.2) is 5.82 Å². The van der Waals surface area contributed by atoms with Crippen molar-refractivity contribution >= 4 is 65.7 Å². The van der Waals surface area contributed by atoms with Crippen molar-refractivity contribution in [2.75, 3.05) is 36.6 Å². The normalized spacial score (nSPS) is 12.8. The second-order valence-corrected chi connectivity index (χ2v) is 16.5. The van der Waals surface area contributed by atoms with E-state index < -0.39 is 55.0 Å². The Hall–Kier alpha value is -3.36. The Balaban J connectivity index is 1.96. The van der Waals surface area contributed by atoms with E-state index in [2.05, 4.69) is 22.3 Å². The predicted octanol–water partition coefficient (Wildman–Crippen LogP) is 8.38. The second-order valence-electron chi connectivity index (χ2n) is 12.2. The number of carbonyl (C=O) groups is 1. The molecule has 53 heavy (non-hydrogen) atoms. The quantitative estimate of drug-likeness (QED) is 0.0398. The van der Waals surface area contributed by atoms with Crippen LogP contribution in [-0.4, -0.2) is 73.9 Å². The Bertz CT molecular complexity index is 2070. The van der Waals surface area contributed by atoms with Gasteiger partial charge in [0, 0.05) is 23.4 Å². The van der Waals surface area contributed by atoms with Crippen molar-refractivity contribution in [2.24, 2.45) is 0 Å². The number of nitrogens with one attached hydrogen (secondary N) is 1. The number of likely N-dealkylation sites (N-methyl/N-ethyl adjacent to an activating group) is 1. The molecule has 2 aromatic carbocycles. The minimum atomic E-state index is -4.78. The molecule has 1 amide bonds. The first-order chi connectivity index (χ1) is 24.8. The first-order valence-corrected chi connectivity index (χ1v) is 20.4. The fourth-order valence-electron chi connectivity index (χ4n) is 5.24. The van der Waals surface area contributed by atoms with Gasteiger partial charge in [-0.05, 0) is 93.8 Å². The summed E-state index contributed by atoms with van der Waals surface area (Å²) in [6.45, 7) is 1.88. The summed E-state index contributed by atoms with van der Waals surface area (Å²) >= 11 is 8.94. The van der Waals surface area contributed by atoms with Crippen LogP contribution in [0.2, 0.25) is 5.02 Å². The van der Waals surface area contributed by atoms with E-state index >= 15 is 0 Å². The predicted molar refractivity (Wildman–Crippen MR) is 199 cm³/mol. The Morgan fingerprint density at radius 3 is 2.36 bits per heavy atom. The van der Waals surface area contributed by atoms with Crippen LogP contribution in [0.3, 0.4) is 0 Å². The lowest BCUT2D eigenvalue weighted by atomic mass is 9.94. The molecule has 0 aliphatic carbocycles. The number of halogens is 6. The van der Waals surface area contributed by atoms with Gasteiger partial charge in [-0.3, -0.25) is 9.25 Å². The molecule has 0 radical (unpaired) electrons. The minimum absolute atomic E-state index is 0.0241. The second kappa shape index (κ2) is 17.4. The first kappa shape index (κ1) is 42.4. The number of hydrogen-bond acceptors (Lipinski definition) is 8. The molecule has 0 bridgehead atoms. The van der Waals surface area contributed by atoms with Crippen LogP contribution >= 0.6 is 42.9 Å². The van der Waals surface area contributed by atoms with Crippen LogP contribution < -0.4 is 9.62 Å². The molecule has 286 valence electrons. The van der Waals surface area contributed by atoms with Gasteiger partial charge >= 0.3 is 19.9 Å². The van der Waals surface area contributed by atoms with Gasteiger partial charge in [-0.25, -0.2) is 18.6 Å². The van der Waals surface area contributed by atoms with E-state index in [1.54, 1.807) is 19.2 Å². The maximum Gasteiger partial charge on any atom is 0.425 e. The molecule has 4 aromatic rings. The molecule has 1 unspecified atom stereocenters. The maximum atomic E-state index is 14.2. The van der Waals surface area contributed by atoms with Crippen LogP contribution in [0, 0.1) is 23.5 Å². The van der Waals surface area contributed by atoms with E-state index in [9.17, 15) is 31.3 Å². The first-order valence-electron chi connectivity index (χ1n) is 15.8. The number of thioether (sulfide) groups is 1. The number of benzene rings is 2. The third-order valence-corrected chi connectivity index (χ3v) is 10.8. The van der Waals surface area contributed by atoms with Gasteiger partial charge < -0.3 is 19.8 Å². The summed E-state index contributed by atoms with van der Waals surface area (Å²) < 4.78 is 88.4. The zero-order chi connectivity index (χ0) is 39.3. The number of anilines is 1. The summed E-state index contributed by atoms with van der Waals surface area (Å²) in [6.07, 6.45) is -3.17.